The maximum Gasteiger partial charge on any atom is 0.516 e. The zero-order valence-electron chi connectivity index (χ0n) is 20.7. The first kappa shape index (κ1) is 23.6. The summed E-state index contributed by atoms with van der Waals surface area (Å²) in [6.45, 7) is 9.56. The van der Waals surface area contributed by atoms with Crippen LogP contribution in [-0.2, 0) is 11.3 Å². The molecule has 1 spiro atoms. The van der Waals surface area contributed by atoms with Crippen LogP contribution in [0.2, 0.25) is 0 Å². The van der Waals surface area contributed by atoms with E-state index in [2.05, 4.69) is 63.1 Å². The van der Waals surface area contributed by atoms with E-state index in [4.69, 9.17) is 4.74 Å². The third-order valence-corrected chi connectivity index (χ3v) is 8.21. The lowest BCUT2D eigenvalue weighted by molar-refractivity contribution is -0.846. The van der Waals surface area contributed by atoms with Crippen molar-refractivity contribution in [1.29, 1.82) is 0 Å². The number of carbonyl (C=O) groups excluding carboxylic acids is 1. The molecule has 0 radical (unpaired) electrons. The Labute approximate surface area is 199 Å². The van der Waals surface area contributed by atoms with Crippen LogP contribution in [0.15, 0.2) is 77.7 Å². The number of rotatable bonds is 3. The van der Waals surface area contributed by atoms with E-state index in [0.717, 1.165) is 50.9 Å². The van der Waals surface area contributed by atoms with Crippen molar-refractivity contribution in [2.24, 2.45) is 11.3 Å². The molecule has 2 fully saturated rings. The molecule has 4 heteroatoms. The highest BCUT2D eigenvalue weighted by Crippen LogP contribution is 2.55. The van der Waals surface area contributed by atoms with Gasteiger partial charge in [0.05, 0.1) is 20.1 Å². The molecule has 0 bridgehead atoms. The van der Waals surface area contributed by atoms with Crippen LogP contribution in [0.3, 0.4) is 0 Å². The van der Waals surface area contributed by atoms with Gasteiger partial charge >= 0.3 is 6.09 Å². The van der Waals surface area contributed by atoms with Crippen molar-refractivity contribution in [1.82, 2.24) is 4.90 Å². The van der Waals surface area contributed by atoms with Crippen LogP contribution in [0.25, 0.3) is 0 Å². The molecule has 33 heavy (non-hydrogen) atoms. The van der Waals surface area contributed by atoms with E-state index in [1.807, 2.05) is 30.3 Å². The van der Waals surface area contributed by atoms with Gasteiger partial charge in [0.15, 0.2) is 0 Å². The molecule has 3 aliphatic rings. The van der Waals surface area contributed by atoms with Gasteiger partial charge in [-0.15, -0.1) is 0 Å². The summed E-state index contributed by atoms with van der Waals surface area (Å²) in [5, 5.41) is 0. The average molecular weight is 448 g/mol. The lowest BCUT2D eigenvalue weighted by Crippen LogP contribution is -2.58. The number of amides is 1. The largest absolute Gasteiger partial charge is 0.516 e. The summed E-state index contributed by atoms with van der Waals surface area (Å²) in [5.74, 6) is 0.565. The predicted molar refractivity (Wildman–Crippen MR) is 134 cm³/mol. The van der Waals surface area contributed by atoms with Gasteiger partial charge in [0.25, 0.3) is 0 Å². The monoisotopic (exact) mass is 447 g/mol. The molecule has 0 aliphatic carbocycles. The Balaban J connectivity index is 1.58. The van der Waals surface area contributed by atoms with Crippen molar-refractivity contribution in [2.45, 2.75) is 53.1 Å². The summed E-state index contributed by atoms with van der Waals surface area (Å²) in [5.41, 5.74) is 5.38. The minimum absolute atomic E-state index is 0.0933. The van der Waals surface area contributed by atoms with Gasteiger partial charge in [0, 0.05) is 36.2 Å². The average Bonchev–Trinajstić information content (AvgIpc) is 2.97. The quantitative estimate of drug-likeness (QED) is 0.490. The predicted octanol–water partition coefficient (Wildman–Crippen LogP) is 6.59. The lowest BCUT2D eigenvalue weighted by atomic mass is 9.63. The van der Waals surface area contributed by atoms with Gasteiger partial charge in [0.1, 0.15) is 6.61 Å². The van der Waals surface area contributed by atoms with E-state index < -0.39 is 0 Å². The van der Waals surface area contributed by atoms with E-state index >= 15 is 0 Å². The Morgan fingerprint density at radius 3 is 2.55 bits per heavy atom. The minimum Gasteiger partial charge on any atom is -0.415 e. The standard InChI is InChI=1S/C29H39N2O2/c1-5-24-21-25(6-2)29(27-15-11-12-18-30(27)26(24)7-3)16-19-31(4,20-17-29)28(32)33-22-23-13-9-8-10-14-23/h5,7-15,25H,6,16-22H2,1-4H3/q+1. The molecule has 1 aromatic rings. The Morgan fingerprint density at radius 2 is 1.91 bits per heavy atom. The third-order valence-electron chi connectivity index (χ3n) is 8.21. The fourth-order valence-electron chi connectivity index (χ4n) is 6.12. The van der Waals surface area contributed by atoms with Crippen LogP contribution in [0.5, 0.6) is 0 Å². The van der Waals surface area contributed by atoms with Crippen molar-refractivity contribution in [3.05, 3.63) is 83.2 Å². The Hall–Kier alpha value is -2.59. The molecule has 1 atom stereocenters. The first-order chi connectivity index (χ1) is 16.0. The topological polar surface area (TPSA) is 29.5 Å². The van der Waals surface area contributed by atoms with E-state index in [1.54, 1.807) is 0 Å². The summed E-state index contributed by atoms with van der Waals surface area (Å²) in [4.78, 5) is 15.7. The van der Waals surface area contributed by atoms with Crippen LogP contribution in [0, 0.1) is 11.3 Å². The molecule has 1 amide bonds. The van der Waals surface area contributed by atoms with E-state index in [9.17, 15) is 4.79 Å². The second-order valence-corrected chi connectivity index (χ2v) is 9.93. The second-order valence-electron chi connectivity index (χ2n) is 9.93. The highest BCUT2D eigenvalue weighted by Gasteiger charge is 2.53. The Bertz CT molecular complexity index is 978. The lowest BCUT2D eigenvalue weighted by Gasteiger charge is -2.50. The summed E-state index contributed by atoms with van der Waals surface area (Å²) >= 11 is 0. The Morgan fingerprint density at radius 1 is 1.18 bits per heavy atom. The van der Waals surface area contributed by atoms with Gasteiger partial charge in [-0.25, -0.2) is 4.48 Å². The maximum atomic E-state index is 13.2. The molecule has 2 saturated heterocycles. The zero-order chi connectivity index (χ0) is 23.5. The van der Waals surface area contributed by atoms with Crippen LogP contribution >= 0.6 is 0 Å². The number of allylic oxidation sites excluding steroid dienone is 6. The molecule has 0 saturated carbocycles. The highest BCUT2D eigenvalue weighted by atomic mass is 16.6. The van der Waals surface area contributed by atoms with Crippen molar-refractivity contribution in [3.63, 3.8) is 0 Å². The van der Waals surface area contributed by atoms with Gasteiger partial charge in [-0.05, 0) is 43.4 Å². The van der Waals surface area contributed by atoms with Crippen molar-refractivity contribution in [2.75, 3.05) is 26.7 Å². The molecule has 0 aromatic heterocycles. The molecular formula is C29H39N2O2+. The SMILES string of the molecule is CC=C1CC(CC)C2(CC[N+](C)(C(=O)OCc3ccccc3)CC2)C2=CC=CCN2C1=CC. The number of quaternary nitrogens is 1. The number of fused-ring (bicyclic) bond motifs is 2. The number of piperidine rings is 1. The number of hydrogen-bond acceptors (Lipinski definition) is 3. The molecule has 3 aliphatic heterocycles. The first-order valence-corrected chi connectivity index (χ1v) is 12.5. The van der Waals surface area contributed by atoms with E-state index in [0.29, 0.717) is 17.0 Å². The van der Waals surface area contributed by atoms with Crippen LogP contribution in [0.1, 0.15) is 52.0 Å². The smallest absolute Gasteiger partial charge is 0.415 e. The normalized spacial score (nSPS) is 31.9. The maximum absolute atomic E-state index is 13.2. The molecule has 4 rings (SSSR count). The Kier molecular flexibility index (Phi) is 6.94. The van der Waals surface area contributed by atoms with Crippen molar-refractivity contribution in [3.8, 4) is 0 Å². The summed E-state index contributed by atoms with van der Waals surface area (Å²) in [6, 6.07) is 9.96. The van der Waals surface area contributed by atoms with Crippen LogP contribution < -0.4 is 0 Å². The van der Waals surface area contributed by atoms with Crippen LogP contribution in [-0.4, -0.2) is 42.2 Å². The number of nitrogens with zero attached hydrogens (tertiary/aromatic N) is 2. The number of benzene rings is 1. The summed E-state index contributed by atoms with van der Waals surface area (Å²) < 4.78 is 6.14. The van der Waals surface area contributed by atoms with Gasteiger partial charge in [-0.3, -0.25) is 0 Å². The molecule has 176 valence electrons. The van der Waals surface area contributed by atoms with Crippen molar-refractivity contribution >= 4 is 6.09 Å². The number of hydrogen-bond donors (Lipinski definition) is 0. The van der Waals surface area contributed by atoms with Crippen molar-refractivity contribution < 1.29 is 14.0 Å². The van der Waals surface area contributed by atoms with Gasteiger partial charge in [0.2, 0.25) is 0 Å². The number of carbonyl (C=O) groups is 1. The summed E-state index contributed by atoms with van der Waals surface area (Å²) in [7, 11) is 2.06. The third kappa shape index (κ3) is 4.33. The molecule has 1 unspecified atom stereocenters. The fraction of sp³-hybridized carbons (Fsp3) is 0.483. The van der Waals surface area contributed by atoms with Gasteiger partial charge in [-0.2, -0.15) is 4.79 Å². The van der Waals surface area contributed by atoms with E-state index in [-0.39, 0.29) is 11.5 Å². The minimum atomic E-state index is -0.104. The molecule has 0 N–H and O–H groups in total. The first-order valence-electron chi connectivity index (χ1n) is 12.5. The highest BCUT2D eigenvalue weighted by molar-refractivity contribution is 5.59. The number of likely N-dealkylation sites (tertiary alicyclic amines) is 1. The molecular weight excluding hydrogens is 408 g/mol. The fourth-order valence-corrected chi connectivity index (χ4v) is 6.12. The van der Waals surface area contributed by atoms with Gasteiger partial charge < -0.3 is 9.64 Å². The van der Waals surface area contributed by atoms with E-state index in [1.165, 1.54) is 17.0 Å². The second kappa shape index (κ2) is 9.72. The zero-order valence-corrected chi connectivity index (χ0v) is 20.7. The number of ether oxygens (including phenoxy) is 1. The summed E-state index contributed by atoms with van der Waals surface area (Å²) in [6.07, 6.45) is 15.6. The molecule has 4 nitrogen and oxygen atoms in total. The van der Waals surface area contributed by atoms with Gasteiger partial charge in [-0.1, -0.05) is 68.0 Å². The molecule has 3 heterocycles. The molecule has 1 aromatic carbocycles. The van der Waals surface area contributed by atoms with Crippen LogP contribution in [0.4, 0.5) is 4.79 Å².